The topological polar surface area (TPSA) is 60.9 Å². The molecule has 0 radical (unpaired) electrons. The summed E-state index contributed by atoms with van der Waals surface area (Å²) in [4.78, 5) is 18.8. The zero-order valence-electron chi connectivity index (χ0n) is 13.8. The second kappa shape index (κ2) is 6.97. The van der Waals surface area contributed by atoms with Gasteiger partial charge in [-0.05, 0) is 18.9 Å². The Labute approximate surface area is 142 Å². The van der Waals surface area contributed by atoms with Gasteiger partial charge in [0.2, 0.25) is 5.88 Å². The van der Waals surface area contributed by atoms with Crippen LogP contribution < -0.4 is 4.74 Å². The van der Waals surface area contributed by atoms with Gasteiger partial charge in [-0.1, -0.05) is 6.07 Å². The number of nitrogens with zero attached hydrogens (tertiary/aromatic N) is 2. The Balaban J connectivity index is 1.35. The van der Waals surface area contributed by atoms with Gasteiger partial charge in [0.15, 0.2) is 0 Å². The lowest BCUT2D eigenvalue weighted by Gasteiger charge is -2.38. The van der Waals surface area contributed by atoms with Crippen molar-refractivity contribution in [2.24, 2.45) is 0 Å². The highest BCUT2D eigenvalue weighted by Crippen LogP contribution is 2.37. The average molecular weight is 332 g/mol. The van der Waals surface area contributed by atoms with E-state index in [1.165, 1.54) is 0 Å². The fourth-order valence-corrected chi connectivity index (χ4v) is 4.11. The molecule has 6 nitrogen and oxygen atoms in total. The molecule has 1 amide bonds. The molecular weight excluding hydrogens is 308 g/mol. The molecule has 2 unspecified atom stereocenters. The molecule has 1 aromatic rings. The van der Waals surface area contributed by atoms with Crippen molar-refractivity contribution in [3.05, 3.63) is 24.4 Å². The molecule has 3 saturated heterocycles. The number of aromatic nitrogens is 1. The third-order valence-electron chi connectivity index (χ3n) is 5.26. The smallest absolute Gasteiger partial charge is 0.410 e. The van der Waals surface area contributed by atoms with Crippen molar-refractivity contribution < 1.29 is 19.0 Å². The van der Waals surface area contributed by atoms with Gasteiger partial charge in [0, 0.05) is 50.0 Å². The van der Waals surface area contributed by atoms with Crippen LogP contribution in [0.5, 0.6) is 5.88 Å². The summed E-state index contributed by atoms with van der Waals surface area (Å²) in [6, 6.07) is 6.14. The highest BCUT2D eigenvalue weighted by atomic mass is 16.6. The number of carbonyl (C=O) groups excluding carboxylic acids is 1. The largest absolute Gasteiger partial charge is 0.474 e. The van der Waals surface area contributed by atoms with Crippen LogP contribution in [0.1, 0.15) is 38.5 Å². The van der Waals surface area contributed by atoms with Crippen LogP contribution in [0, 0.1) is 0 Å². The summed E-state index contributed by atoms with van der Waals surface area (Å²) < 4.78 is 17.1. The van der Waals surface area contributed by atoms with E-state index >= 15 is 0 Å². The number of piperidine rings is 1. The van der Waals surface area contributed by atoms with Gasteiger partial charge in [0.1, 0.15) is 12.2 Å². The SMILES string of the molecule is O=C(OC1CCOCC1)N1C2CCC1CC(Oc1ccccn1)C2. The molecule has 4 heterocycles. The van der Waals surface area contributed by atoms with E-state index in [0.29, 0.717) is 19.1 Å². The standard InChI is InChI=1S/C18H24N2O4/c21-18(24-15-6-9-22-10-7-15)20-13-4-5-14(20)12-16(11-13)23-17-3-1-2-8-19-17/h1-3,8,13-16H,4-7,9-12H2. The molecule has 0 saturated carbocycles. The fraction of sp³-hybridized carbons (Fsp3) is 0.667. The van der Waals surface area contributed by atoms with Gasteiger partial charge in [0.05, 0.1) is 13.2 Å². The highest BCUT2D eigenvalue weighted by Gasteiger charge is 2.45. The quantitative estimate of drug-likeness (QED) is 0.852. The molecule has 2 atom stereocenters. The molecule has 2 bridgehead atoms. The minimum absolute atomic E-state index is 0.00754. The van der Waals surface area contributed by atoms with Crippen molar-refractivity contribution in [2.75, 3.05) is 13.2 Å². The van der Waals surface area contributed by atoms with Crippen LogP contribution in [0.15, 0.2) is 24.4 Å². The summed E-state index contributed by atoms with van der Waals surface area (Å²) in [5.41, 5.74) is 0. The zero-order chi connectivity index (χ0) is 16.4. The predicted octanol–water partition coefficient (Wildman–Crippen LogP) is 2.77. The molecule has 3 aliphatic rings. The zero-order valence-corrected chi connectivity index (χ0v) is 13.8. The van der Waals surface area contributed by atoms with Gasteiger partial charge in [-0.15, -0.1) is 0 Å². The maximum atomic E-state index is 12.6. The third-order valence-corrected chi connectivity index (χ3v) is 5.26. The molecular formula is C18H24N2O4. The number of hydrogen-bond donors (Lipinski definition) is 0. The molecule has 0 aliphatic carbocycles. The van der Waals surface area contributed by atoms with E-state index in [-0.39, 0.29) is 30.4 Å². The monoisotopic (exact) mass is 332 g/mol. The Bertz CT molecular complexity index is 547. The van der Waals surface area contributed by atoms with E-state index in [4.69, 9.17) is 14.2 Å². The van der Waals surface area contributed by atoms with Gasteiger partial charge < -0.3 is 19.1 Å². The third kappa shape index (κ3) is 3.34. The van der Waals surface area contributed by atoms with E-state index in [0.717, 1.165) is 38.5 Å². The summed E-state index contributed by atoms with van der Waals surface area (Å²) in [5, 5.41) is 0. The van der Waals surface area contributed by atoms with Gasteiger partial charge >= 0.3 is 6.09 Å². The molecule has 3 fully saturated rings. The summed E-state index contributed by atoms with van der Waals surface area (Å²) >= 11 is 0. The summed E-state index contributed by atoms with van der Waals surface area (Å²) in [5.74, 6) is 0.667. The van der Waals surface area contributed by atoms with Gasteiger partial charge in [-0.3, -0.25) is 0 Å². The van der Waals surface area contributed by atoms with Crippen molar-refractivity contribution in [3.8, 4) is 5.88 Å². The van der Waals surface area contributed by atoms with Crippen LogP contribution in [0.3, 0.4) is 0 Å². The molecule has 6 heteroatoms. The number of amides is 1. The fourth-order valence-electron chi connectivity index (χ4n) is 4.11. The van der Waals surface area contributed by atoms with Crippen LogP contribution in [0.25, 0.3) is 0 Å². The van der Waals surface area contributed by atoms with Crippen molar-refractivity contribution in [3.63, 3.8) is 0 Å². The van der Waals surface area contributed by atoms with Crippen LogP contribution in [-0.2, 0) is 9.47 Å². The Kier molecular flexibility index (Phi) is 4.56. The minimum Gasteiger partial charge on any atom is -0.474 e. The molecule has 4 rings (SSSR count). The Morgan fingerprint density at radius 3 is 2.50 bits per heavy atom. The maximum Gasteiger partial charge on any atom is 0.410 e. The first-order valence-electron chi connectivity index (χ1n) is 8.94. The molecule has 0 N–H and O–H groups in total. The first kappa shape index (κ1) is 15.7. The van der Waals surface area contributed by atoms with E-state index in [9.17, 15) is 4.79 Å². The Morgan fingerprint density at radius 1 is 1.08 bits per heavy atom. The summed E-state index contributed by atoms with van der Waals surface area (Å²) in [6.45, 7) is 1.37. The second-order valence-electron chi connectivity index (χ2n) is 6.87. The van der Waals surface area contributed by atoms with E-state index in [1.807, 2.05) is 23.1 Å². The Morgan fingerprint density at radius 2 is 1.83 bits per heavy atom. The van der Waals surface area contributed by atoms with E-state index < -0.39 is 0 Å². The van der Waals surface area contributed by atoms with Gasteiger partial charge in [-0.25, -0.2) is 9.78 Å². The van der Waals surface area contributed by atoms with Crippen molar-refractivity contribution in [1.29, 1.82) is 0 Å². The number of hydrogen-bond acceptors (Lipinski definition) is 5. The van der Waals surface area contributed by atoms with Crippen molar-refractivity contribution in [2.45, 2.75) is 62.8 Å². The van der Waals surface area contributed by atoms with Crippen LogP contribution in [0.4, 0.5) is 4.79 Å². The molecule has 3 aliphatic heterocycles. The number of carbonyl (C=O) groups is 1. The first-order valence-corrected chi connectivity index (χ1v) is 8.94. The van der Waals surface area contributed by atoms with Crippen molar-refractivity contribution in [1.82, 2.24) is 9.88 Å². The first-order chi connectivity index (χ1) is 11.8. The lowest BCUT2D eigenvalue weighted by molar-refractivity contribution is -0.0253. The summed E-state index contributed by atoms with van der Waals surface area (Å²) in [7, 11) is 0. The molecule has 0 aromatic carbocycles. The van der Waals surface area contributed by atoms with Crippen LogP contribution >= 0.6 is 0 Å². The Hall–Kier alpha value is -1.82. The van der Waals surface area contributed by atoms with Gasteiger partial charge in [0.25, 0.3) is 0 Å². The van der Waals surface area contributed by atoms with Crippen LogP contribution in [-0.4, -0.2) is 53.5 Å². The number of pyridine rings is 1. The lowest BCUT2D eigenvalue weighted by Crippen LogP contribution is -2.50. The normalized spacial score (nSPS) is 30.2. The summed E-state index contributed by atoms with van der Waals surface area (Å²) in [6.07, 6.45) is 7.13. The predicted molar refractivity (Wildman–Crippen MR) is 86.9 cm³/mol. The molecule has 1 aromatic heterocycles. The highest BCUT2D eigenvalue weighted by molar-refractivity contribution is 5.69. The van der Waals surface area contributed by atoms with Gasteiger partial charge in [-0.2, -0.15) is 0 Å². The number of fused-ring (bicyclic) bond motifs is 2. The second-order valence-corrected chi connectivity index (χ2v) is 6.87. The molecule has 130 valence electrons. The maximum absolute atomic E-state index is 12.6. The number of ether oxygens (including phenoxy) is 3. The minimum atomic E-state index is -0.148. The molecule has 24 heavy (non-hydrogen) atoms. The molecule has 0 spiro atoms. The lowest BCUT2D eigenvalue weighted by atomic mass is 10.0. The van der Waals surface area contributed by atoms with Crippen LogP contribution in [0.2, 0.25) is 0 Å². The number of rotatable bonds is 3. The van der Waals surface area contributed by atoms with E-state index in [2.05, 4.69) is 4.98 Å². The average Bonchev–Trinajstić information content (AvgIpc) is 2.88. The van der Waals surface area contributed by atoms with Crippen molar-refractivity contribution >= 4 is 6.09 Å². The van der Waals surface area contributed by atoms with E-state index in [1.54, 1.807) is 6.20 Å².